The minimum Gasteiger partial charge on any atom is -0.379 e. The van der Waals surface area contributed by atoms with Gasteiger partial charge in [-0.1, -0.05) is 6.07 Å². The molecule has 90 valence electrons. The number of nitrogens with one attached hydrogen (secondary N) is 2. The predicted molar refractivity (Wildman–Crippen MR) is 67.8 cm³/mol. The van der Waals surface area contributed by atoms with Crippen LogP contribution in [-0.2, 0) is 11.3 Å². The standard InChI is InChI=1S/C12H20N2OS/c1-10(7-11-9-15-5-4-13-11)14-8-12-3-2-6-16-12/h2-3,6,10-11,13-14H,4-5,7-9H2,1H3. The van der Waals surface area contributed by atoms with E-state index in [-0.39, 0.29) is 0 Å². The number of morpholine rings is 1. The summed E-state index contributed by atoms with van der Waals surface area (Å²) in [6, 6.07) is 5.32. The molecule has 2 atom stereocenters. The Kier molecular flexibility index (Phi) is 4.78. The molecular formula is C12H20N2OS. The molecule has 2 N–H and O–H groups in total. The minimum absolute atomic E-state index is 0.514. The SMILES string of the molecule is CC(CC1COCCN1)NCc1cccs1. The zero-order chi connectivity index (χ0) is 11.2. The first-order valence-electron chi connectivity index (χ1n) is 5.91. The Bertz CT molecular complexity index is 283. The Balaban J connectivity index is 1.65. The summed E-state index contributed by atoms with van der Waals surface area (Å²) in [5.74, 6) is 0. The number of thiophene rings is 1. The molecule has 1 saturated heterocycles. The molecule has 1 aromatic heterocycles. The normalized spacial score (nSPS) is 23.2. The van der Waals surface area contributed by atoms with Crippen molar-refractivity contribution in [2.75, 3.05) is 19.8 Å². The van der Waals surface area contributed by atoms with Crippen molar-refractivity contribution in [1.29, 1.82) is 0 Å². The maximum Gasteiger partial charge on any atom is 0.0620 e. The first-order chi connectivity index (χ1) is 7.84. The van der Waals surface area contributed by atoms with Gasteiger partial charge in [0.2, 0.25) is 0 Å². The lowest BCUT2D eigenvalue weighted by molar-refractivity contribution is 0.0712. The highest BCUT2D eigenvalue weighted by Crippen LogP contribution is 2.09. The molecule has 16 heavy (non-hydrogen) atoms. The third-order valence-electron chi connectivity index (χ3n) is 2.84. The zero-order valence-corrected chi connectivity index (χ0v) is 10.6. The summed E-state index contributed by atoms with van der Waals surface area (Å²) in [7, 11) is 0. The highest BCUT2D eigenvalue weighted by Gasteiger charge is 2.15. The Labute approximate surface area is 101 Å². The molecular weight excluding hydrogens is 220 g/mol. The van der Waals surface area contributed by atoms with Gasteiger partial charge in [-0.05, 0) is 24.8 Å². The van der Waals surface area contributed by atoms with Crippen molar-refractivity contribution in [2.24, 2.45) is 0 Å². The fraction of sp³-hybridized carbons (Fsp3) is 0.667. The van der Waals surface area contributed by atoms with Crippen molar-refractivity contribution < 1.29 is 4.74 Å². The van der Waals surface area contributed by atoms with Crippen molar-refractivity contribution >= 4 is 11.3 Å². The quantitative estimate of drug-likeness (QED) is 0.820. The van der Waals surface area contributed by atoms with Crippen LogP contribution in [0.4, 0.5) is 0 Å². The molecule has 0 radical (unpaired) electrons. The van der Waals surface area contributed by atoms with Crippen LogP contribution in [-0.4, -0.2) is 31.8 Å². The topological polar surface area (TPSA) is 33.3 Å². The summed E-state index contributed by atoms with van der Waals surface area (Å²) in [4.78, 5) is 1.40. The highest BCUT2D eigenvalue weighted by molar-refractivity contribution is 7.09. The van der Waals surface area contributed by atoms with Gasteiger partial charge in [-0.25, -0.2) is 0 Å². The Morgan fingerprint density at radius 3 is 3.31 bits per heavy atom. The molecule has 2 heterocycles. The fourth-order valence-corrected chi connectivity index (χ4v) is 2.62. The summed E-state index contributed by atoms with van der Waals surface area (Å²) in [5, 5.41) is 9.15. The van der Waals surface area contributed by atoms with Crippen LogP contribution in [0.2, 0.25) is 0 Å². The van der Waals surface area contributed by atoms with E-state index in [0.29, 0.717) is 12.1 Å². The molecule has 0 bridgehead atoms. The van der Waals surface area contributed by atoms with Crippen LogP contribution in [0.15, 0.2) is 17.5 Å². The second kappa shape index (κ2) is 6.35. The molecule has 1 aromatic rings. The summed E-state index contributed by atoms with van der Waals surface area (Å²) < 4.78 is 5.45. The van der Waals surface area contributed by atoms with Crippen molar-refractivity contribution in [3.63, 3.8) is 0 Å². The van der Waals surface area contributed by atoms with Gasteiger partial charge in [-0.3, -0.25) is 0 Å². The molecule has 1 aliphatic heterocycles. The second-order valence-corrected chi connectivity index (χ2v) is 5.36. The van der Waals surface area contributed by atoms with Gasteiger partial charge in [0, 0.05) is 30.1 Å². The predicted octanol–water partition coefficient (Wildman–Crippen LogP) is 1.60. The monoisotopic (exact) mass is 240 g/mol. The summed E-state index contributed by atoms with van der Waals surface area (Å²) in [6.07, 6.45) is 1.13. The Morgan fingerprint density at radius 2 is 2.62 bits per heavy atom. The van der Waals surface area contributed by atoms with Crippen LogP contribution in [0.3, 0.4) is 0 Å². The number of hydrogen-bond donors (Lipinski definition) is 2. The van der Waals surface area contributed by atoms with E-state index >= 15 is 0 Å². The fourth-order valence-electron chi connectivity index (χ4n) is 1.97. The maximum absolute atomic E-state index is 5.45. The van der Waals surface area contributed by atoms with Gasteiger partial charge in [0.25, 0.3) is 0 Å². The number of rotatable bonds is 5. The van der Waals surface area contributed by atoms with Gasteiger partial charge in [0.15, 0.2) is 0 Å². The first kappa shape index (κ1) is 12.0. The Morgan fingerprint density at radius 1 is 1.69 bits per heavy atom. The molecule has 0 amide bonds. The van der Waals surface area contributed by atoms with Gasteiger partial charge in [-0.15, -0.1) is 11.3 Å². The average molecular weight is 240 g/mol. The average Bonchev–Trinajstić information content (AvgIpc) is 2.81. The van der Waals surface area contributed by atoms with Crippen molar-refractivity contribution in [1.82, 2.24) is 10.6 Å². The van der Waals surface area contributed by atoms with Crippen LogP contribution < -0.4 is 10.6 Å². The summed E-state index contributed by atoms with van der Waals surface area (Å²) in [5.41, 5.74) is 0. The van der Waals surface area contributed by atoms with E-state index in [1.165, 1.54) is 4.88 Å². The van der Waals surface area contributed by atoms with E-state index in [1.807, 2.05) is 11.3 Å². The van der Waals surface area contributed by atoms with E-state index in [4.69, 9.17) is 4.74 Å². The van der Waals surface area contributed by atoms with E-state index in [1.54, 1.807) is 0 Å². The van der Waals surface area contributed by atoms with Gasteiger partial charge in [0.05, 0.1) is 13.2 Å². The first-order valence-corrected chi connectivity index (χ1v) is 6.79. The summed E-state index contributed by atoms with van der Waals surface area (Å²) >= 11 is 1.81. The van der Waals surface area contributed by atoms with Crippen LogP contribution in [0.25, 0.3) is 0 Å². The number of ether oxygens (including phenoxy) is 1. The molecule has 0 aliphatic carbocycles. The van der Waals surface area contributed by atoms with Gasteiger partial charge in [0.1, 0.15) is 0 Å². The Hall–Kier alpha value is -0.420. The lowest BCUT2D eigenvalue weighted by atomic mass is 10.1. The molecule has 1 aliphatic rings. The zero-order valence-electron chi connectivity index (χ0n) is 9.74. The molecule has 0 saturated carbocycles. The van der Waals surface area contributed by atoms with Crippen molar-refractivity contribution in [3.05, 3.63) is 22.4 Å². The molecule has 0 aromatic carbocycles. The second-order valence-electron chi connectivity index (χ2n) is 4.32. The number of hydrogen-bond acceptors (Lipinski definition) is 4. The van der Waals surface area contributed by atoms with Crippen molar-refractivity contribution in [2.45, 2.75) is 32.0 Å². The third kappa shape index (κ3) is 3.87. The van der Waals surface area contributed by atoms with E-state index in [2.05, 4.69) is 35.1 Å². The van der Waals surface area contributed by atoms with Gasteiger partial charge in [-0.2, -0.15) is 0 Å². The largest absolute Gasteiger partial charge is 0.379 e. The van der Waals surface area contributed by atoms with Gasteiger partial charge < -0.3 is 15.4 Å². The lowest BCUT2D eigenvalue weighted by Gasteiger charge is -2.26. The molecule has 3 nitrogen and oxygen atoms in total. The van der Waals surface area contributed by atoms with E-state index in [9.17, 15) is 0 Å². The van der Waals surface area contributed by atoms with E-state index in [0.717, 1.165) is 32.7 Å². The maximum atomic E-state index is 5.45. The smallest absolute Gasteiger partial charge is 0.0620 e. The van der Waals surface area contributed by atoms with Crippen molar-refractivity contribution in [3.8, 4) is 0 Å². The van der Waals surface area contributed by atoms with Crippen LogP contribution in [0, 0.1) is 0 Å². The molecule has 2 unspecified atom stereocenters. The lowest BCUT2D eigenvalue weighted by Crippen LogP contribution is -2.44. The molecule has 1 fully saturated rings. The van der Waals surface area contributed by atoms with Crippen LogP contribution in [0.5, 0.6) is 0 Å². The van der Waals surface area contributed by atoms with E-state index < -0.39 is 0 Å². The molecule has 2 rings (SSSR count). The minimum atomic E-state index is 0.514. The third-order valence-corrected chi connectivity index (χ3v) is 3.72. The molecule has 0 spiro atoms. The van der Waals surface area contributed by atoms with Crippen LogP contribution >= 0.6 is 11.3 Å². The van der Waals surface area contributed by atoms with Crippen LogP contribution in [0.1, 0.15) is 18.2 Å². The highest BCUT2D eigenvalue weighted by atomic mass is 32.1. The van der Waals surface area contributed by atoms with Gasteiger partial charge >= 0.3 is 0 Å². The molecule has 4 heteroatoms. The summed E-state index contributed by atoms with van der Waals surface area (Å²) in [6.45, 7) is 5.91.